The van der Waals surface area contributed by atoms with Gasteiger partial charge in [0.25, 0.3) is 5.91 Å². The van der Waals surface area contributed by atoms with Gasteiger partial charge >= 0.3 is 5.97 Å². The highest BCUT2D eigenvalue weighted by Crippen LogP contribution is 2.26. The van der Waals surface area contributed by atoms with Gasteiger partial charge < -0.3 is 14.5 Å². The fourth-order valence-corrected chi connectivity index (χ4v) is 2.53. The Labute approximate surface area is 154 Å². The van der Waals surface area contributed by atoms with Crippen molar-refractivity contribution in [1.82, 2.24) is 4.98 Å². The maximum atomic E-state index is 12.5. The highest BCUT2D eigenvalue weighted by molar-refractivity contribution is 6.30. The van der Waals surface area contributed by atoms with E-state index in [0.717, 1.165) is 0 Å². The van der Waals surface area contributed by atoms with E-state index in [2.05, 4.69) is 10.3 Å². The lowest BCUT2D eigenvalue weighted by atomic mass is 10.1. The maximum Gasteiger partial charge on any atom is 0.338 e. The third kappa shape index (κ3) is 3.92. The summed E-state index contributed by atoms with van der Waals surface area (Å²) >= 11 is 5.99. The summed E-state index contributed by atoms with van der Waals surface area (Å²) in [5.41, 5.74) is 1.72. The number of amides is 1. The molecule has 0 spiro atoms. The largest absolute Gasteiger partial charge is 0.462 e. The molecule has 1 amide bonds. The first-order valence-electron chi connectivity index (χ1n) is 7.86. The average molecular weight is 371 g/mol. The lowest BCUT2D eigenvalue weighted by Crippen LogP contribution is -2.13. The molecule has 3 rings (SSSR count). The van der Waals surface area contributed by atoms with Crippen LogP contribution in [-0.4, -0.2) is 23.5 Å². The van der Waals surface area contributed by atoms with E-state index in [4.69, 9.17) is 20.8 Å². The molecule has 0 saturated heterocycles. The van der Waals surface area contributed by atoms with Gasteiger partial charge in [-0.2, -0.15) is 0 Å². The highest BCUT2D eigenvalue weighted by atomic mass is 35.5. The van der Waals surface area contributed by atoms with E-state index >= 15 is 0 Å². The number of esters is 1. The standard InChI is InChI=1S/C19H15ClN2O4/c1-2-25-19(24)12-6-8-15(9-7-12)22-18(23)16-17(26-11-21-16)13-4-3-5-14(20)10-13/h3-11H,2H2,1H3,(H,22,23). The molecule has 26 heavy (non-hydrogen) atoms. The Balaban J connectivity index is 1.77. The third-order valence-electron chi connectivity index (χ3n) is 3.52. The molecular formula is C19H15ClN2O4. The summed E-state index contributed by atoms with van der Waals surface area (Å²) in [7, 11) is 0. The van der Waals surface area contributed by atoms with Crippen LogP contribution in [0.15, 0.2) is 59.3 Å². The van der Waals surface area contributed by atoms with Crippen molar-refractivity contribution in [3.63, 3.8) is 0 Å². The van der Waals surface area contributed by atoms with Crippen molar-refractivity contribution in [2.75, 3.05) is 11.9 Å². The van der Waals surface area contributed by atoms with Gasteiger partial charge in [-0.1, -0.05) is 23.7 Å². The van der Waals surface area contributed by atoms with Gasteiger partial charge in [-0.3, -0.25) is 4.79 Å². The molecule has 3 aromatic rings. The number of carbonyl (C=O) groups excluding carboxylic acids is 2. The molecular weight excluding hydrogens is 356 g/mol. The van der Waals surface area contributed by atoms with Crippen LogP contribution < -0.4 is 5.32 Å². The summed E-state index contributed by atoms with van der Waals surface area (Å²) in [4.78, 5) is 28.2. The fourth-order valence-electron chi connectivity index (χ4n) is 2.34. The van der Waals surface area contributed by atoms with E-state index in [1.165, 1.54) is 6.39 Å². The molecule has 1 heterocycles. The van der Waals surface area contributed by atoms with Crippen molar-refractivity contribution in [1.29, 1.82) is 0 Å². The van der Waals surface area contributed by atoms with Gasteiger partial charge in [0.2, 0.25) is 0 Å². The molecule has 132 valence electrons. The van der Waals surface area contributed by atoms with Crippen molar-refractivity contribution in [2.45, 2.75) is 6.92 Å². The summed E-state index contributed by atoms with van der Waals surface area (Å²) in [5, 5.41) is 3.25. The maximum absolute atomic E-state index is 12.5. The number of carbonyl (C=O) groups is 2. The minimum absolute atomic E-state index is 0.140. The van der Waals surface area contributed by atoms with Gasteiger partial charge in [0.1, 0.15) is 0 Å². The number of benzene rings is 2. The molecule has 2 aromatic carbocycles. The Hall–Kier alpha value is -3.12. The molecule has 0 aliphatic heterocycles. The molecule has 0 unspecified atom stereocenters. The van der Waals surface area contributed by atoms with Crippen molar-refractivity contribution in [3.05, 3.63) is 71.2 Å². The smallest absolute Gasteiger partial charge is 0.338 e. The molecule has 0 bridgehead atoms. The summed E-state index contributed by atoms with van der Waals surface area (Å²) in [6, 6.07) is 13.3. The SMILES string of the molecule is CCOC(=O)c1ccc(NC(=O)c2ncoc2-c2cccc(Cl)c2)cc1. The lowest BCUT2D eigenvalue weighted by molar-refractivity contribution is 0.0526. The number of aromatic nitrogens is 1. The van der Waals surface area contributed by atoms with Crippen LogP contribution in [0.5, 0.6) is 0 Å². The van der Waals surface area contributed by atoms with Gasteiger partial charge in [-0.15, -0.1) is 0 Å². The van der Waals surface area contributed by atoms with E-state index in [9.17, 15) is 9.59 Å². The van der Waals surface area contributed by atoms with E-state index in [0.29, 0.717) is 34.2 Å². The normalized spacial score (nSPS) is 10.4. The quantitative estimate of drug-likeness (QED) is 0.672. The van der Waals surface area contributed by atoms with Gasteiger partial charge in [0.05, 0.1) is 12.2 Å². The second-order valence-electron chi connectivity index (χ2n) is 5.29. The van der Waals surface area contributed by atoms with Crippen LogP contribution in [-0.2, 0) is 4.74 Å². The first-order chi connectivity index (χ1) is 12.6. The molecule has 0 atom stereocenters. The van der Waals surface area contributed by atoms with Gasteiger partial charge in [-0.25, -0.2) is 9.78 Å². The molecule has 0 aliphatic carbocycles. The monoisotopic (exact) mass is 370 g/mol. The molecule has 0 radical (unpaired) electrons. The predicted octanol–water partition coefficient (Wildman–Crippen LogP) is 4.42. The molecule has 6 nitrogen and oxygen atoms in total. The molecule has 7 heteroatoms. The van der Waals surface area contributed by atoms with Crippen LogP contribution in [0, 0.1) is 0 Å². The van der Waals surface area contributed by atoms with E-state index in [-0.39, 0.29) is 5.69 Å². The Kier molecular flexibility index (Phi) is 5.34. The zero-order valence-electron chi connectivity index (χ0n) is 13.9. The van der Waals surface area contributed by atoms with Crippen LogP contribution in [0.4, 0.5) is 5.69 Å². The summed E-state index contributed by atoms with van der Waals surface area (Å²) < 4.78 is 10.3. The first kappa shape index (κ1) is 17.7. The van der Waals surface area contributed by atoms with Crippen LogP contribution >= 0.6 is 11.6 Å². The van der Waals surface area contributed by atoms with Gasteiger partial charge in [0.15, 0.2) is 17.8 Å². The molecule has 0 fully saturated rings. The number of oxazole rings is 1. The Morgan fingerprint density at radius 1 is 1.19 bits per heavy atom. The van der Waals surface area contributed by atoms with Gasteiger partial charge in [-0.05, 0) is 43.3 Å². The summed E-state index contributed by atoms with van der Waals surface area (Å²) in [6.45, 7) is 2.04. The molecule has 1 N–H and O–H groups in total. The Bertz CT molecular complexity index is 935. The second-order valence-corrected chi connectivity index (χ2v) is 5.73. The second kappa shape index (κ2) is 7.84. The number of ether oxygens (including phenoxy) is 1. The van der Waals surface area contributed by atoms with E-state index in [1.54, 1.807) is 55.5 Å². The topological polar surface area (TPSA) is 81.4 Å². The minimum atomic E-state index is -0.433. The Morgan fingerprint density at radius 3 is 2.65 bits per heavy atom. The van der Waals surface area contributed by atoms with Crippen molar-refractivity contribution >= 4 is 29.2 Å². The van der Waals surface area contributed by atoms with Crippen molar-refractivity contribution in [2.24, 2.45) is 0 Å². The van der Waals surface area contributed by atoms with Crippen LogP contribution in [0.3, 0.4) is 0 Å². The van der Waals surface area contributed by atoms with Crippen molar-refractivity contribution in [3.8, 4) is 11.3 Å². The number of hydrogen-bond acceptors (Lipinski definition) is 5. The van der Waals surface area contributed by atoms with E-state index < -0.39 is 11.9 Å². The molecule has 1 aromatic heterocycles. The number of nitrogens with zero attached hydrogens (tertiary/aromatic N) is 1. The molecule has 0 aliphatic rings. The van der Waals surface area contributed by atoms with Crippen LogP contribution in [0.25, 0.3) is 11.3 Å². The number of anilines is 1. The van der Waals surface area contributed by atoms with E-state index in [1.807, 2.05) is 0 Å². The third-order valence-corrected chi connectivity index (χ3v) is 3.76. The Morgan fingerprint density at radius 2 is 1.96 bits per heavy atom. The van der Waals surface area contributed by atoms with Crippen LogP contribution in [0.2, 0.25) is 5.02 Å². The minimum Gasteiger partial charge on any atom is -0.462 e. The summed E-state index contributed by atoms with van der Waals surface area (Å²) in [5.74, 6) is -0.518. The zero-order chi connectivity index (χ0) is 18.5. The number of rotatable bonds is 5. The number of hydrogen-bond donors (Lipinski definition) is 1. The summed E-state index contributed by atoms with van der Waals surface area (Å²) in [6.07, 6.45) is 1.20. The lowest BCUT2D eigenvalue weighted by Gasteiger charge is -2.06. The fraction of sp³-hybridized carbons (Fsp3) is 0.105. The zero-order valence-corrected chi connectivity index (χ0v) is 14.6. The van der Waals surface area contributed by atoms with Crippen molar-refractivity contribution < 1.29 is 18.7 Å². The van der Waals surface area contributed by atoms with Gasteiger partial charge in [0, 0.05) is 16.3 Å². The number of nitrogens with one attached hydrogen (secondary N) is 1. The first-order valence-corrected chi connectivity index (χ1v) is 8.24. The highest BCUT2D eigenvalue weighted by Gasteiger charge is 2.19. The average Bonchev–Trinajstić information content (AvgIpc) is 3.12. The predicted molar refractivity (Wildman–Crippen MR) is 97.3 cm³/mol. The van der Waals surface area contributed by atoms with Crippen LogP contribution in [0.1, 0.15) is 27.8 Å². The number of halogens is 1. The molecule has 0 saturated carbocycles.